The third-order valence-electron chi connectivity index (χ3n) is 4.15. The highest BCUT2D eigenvalue weighted by molar-refractivity contribution is 6.28. The molecule has 0 spiro atoms. The molecule has 1 aromatic carbocycles. The Kier molecular flexibility index (Phi) is 3.93. The summed E-state index contributed by atoms with van der Waals surface area (Å²) in [6.07, 6.45) is 3.50. The van der Waals surface area contributed by atoms with Crippen molar-refractivity contribution in [3.8, 4) is 5.75 Å². The molecule has 1 fully saturated rings. The fourth-order valence-electron chi connectivity index (χ4n) is 3.03. The van der Waals surface area contributed by atoms with Crippen molar-refractivity contribution >= 4 is 28.6 Å². The van der Waals surface area contributed by atoms with Crippen molar-refractivity contribution < 1.29 is 9.13 Å². The van der Waals surface area contributed by atoms with E-state index >= 15 is 0 Å². The Balaban J connectivity index is 1.58. The van der Waals surface area contributed by atoms with Gasteiger partial charge < -0.3 is 14.6 Å². The molecule has 2 aromatic heterocycles. The van der Waals surface area contributed by atoms with Crippen LogP contribution in [-0.2, 0) is 0 Å². The van der Waals surface area contributed by atoms with Crippen LogP contribution in [-0.4, -0.2) is 39.1 Å². The van der Waals surface area contributed by atoms with E-state index in [2.05, 4.69) is 24.8 Å². The largest absolute Gasteiger partial charge is 0.488 e. The van der Waals surface area contributed by atoms with E-state index < -0.39 is 0 Å². The Bertz CT molecular complexity index is 871. The zero-order chi connectivity index (χ0) is 16.5. The monoisotopic (exact) mass is 347 g/mol. The number of anilines is 1. The molecule has 6 nitrogen and oxygen atoms in total. The van der Waals surface area contributed by atoms with E-state index in [0.717, 1.165) is 19.4 Å². The quantitative estimate of drug-likeness (QED) is 0.734. The first kappa shape index (κ1) is 15.1. The van der Waals surface area contributed by atoms with Gasteiger partial charge in [0.25, 0.3) is 0 Å². The Hall–Kier alpha value is -2.41. The van der Waals surface area contributed by atoms with E-state index in [-0.39, 0.29) is 22.9 Å². The van der Waals surface area contributed by atoms with Crippen molar-refractivity contribution in [3.63, 3.8) is 0 Å². The van der Waals surface area contributed by atoms with Crippen molar-refractivity contribution in [2.24, 2.45) is 0 Å². The minimum Gasteiger partial charge on any atom is -0.488 e. The molecule has 1 saturated heterocycles. The van der Waals surface area contributed by atoms with Crippen LogP contribution < -0.4 is 9.64 Å². The van der Waals surface area contributed by atoms with Crippen LogP contribution in [0.25, 0.3) is 11.2 Å². The summed E-state index contributed by atoms with van der Waals surface area (Å²) < 4.78 is 19.4. The smallest absolute Gasteiger partial charge is 0.226 e. The number of imidazole rings is 1. The van der Waals surface area contributed by atoms with Gasteiger partial charge in [0.15, 0.2) is 28.5 Å². The van der Waals surface area contributed by atoms with Crippen LogP contribution in [0.5, 0.6) is 5.75 Å². The lowest BCUT2D eigenvalue weighted by Gasteiger charge is -2.26. The maximum Gasteiger partial charge on any atom is 0.226 e. The van der Waals surface area contributed by atoms with Crippen LogP contribution in [0.4, 0.5) is 10.2 Å². The van der Waals surface area contributed by atoms with Crippen LogP contribution in [0, 0.1) is 5.82 Å². The maximum atomic E-state index is 13.7. The fourth-order valence-corrected chi connectivity index (χ4v) is 3.19. The van der Waals surface area contributed by atoms with Gasteiger partial charge in [-0.25, -0.2) is 9.37 Å². The number of rotatable bonds is 4. The molecule has 4 rings (SSSR count). The molecule has 124 valence electrons. The molecule has 0 amide bonds. The number of hydrogen-bond acceptors (Lipinski definition) is 5. The van der Waals surface area contributed by atoms with Crippen molar-refractivity contribution in [2.45, 2.75) is 18.9 Å². The zero-order valence-corrected chi connectivity index (χ0v) is 13.5. The normalized spacial score (nSPS) is 17.6. The van der Waals surface area contributed by atoms with Gasteiger partial charge in [-0.05, 0) is 36.6 Å². The van der Waals surface area contributed by atoms with Gasteiger partial charge in [0.05, 0.1) is 12.4 Å². The number of hydrogen-bond donors (Lipinski definition) is 1. The first-order valence-corrected chi connectivity index (χ1v) is 8.11. The average Bonchev–Trinajstić information content (AvgIpc) is 3.22. The third-order valence-corrected chi connectivity index (χ3v) is 4.32. The van der Waals surface area contributed by atoms with Crippen LogP contribution in [0.2, 0.25) is 5.28 Å². The predicted molar refractivity (Wildman–Crippen MR) is 89.0 cm³/mol. The summed E-state index contributed by atoms with van der Waals surface area (Å²) in [5.74, 6) is 0.586. The summed E-state index contributed by atoms with van der Waals surface area (Å²) in [7, 11) is 0. The minimum atomic E-state index is -0.359. The number of benzene rings is 1. The lowest BCUT2D eigenvalue weighted by molar-refractivity contribution is 0.275. The van der Waals surface area contributed by atoms with Crippen molar-refractivity contribution in [2.75, 3.05) is 18.1 Å². The maximum absolute atomic E-state index is 13.7. The van der Waals surface area contributed by atoms with Crippen LogP contribution in [0.1, 0.15) is 12.8 Å². The van der Waals surface area contributed by atoms with Crippen molar-refractivity contribution in [1.29, 1.82) is 0 Å². The zero-order valence-electron chi connectivity index (χ0n) is 12.7. The molecule has 8 heteroatoms. The molecule has 1 aliphatic rings. The summed E-state index contributed by atoms with van der Waals surface area (Å²) >= 11 is 6.02. The molecule has 0 radical (unpaired) electrons. The summed E-state index contributed by atoms with van der Waals surface area (Å²) in [6.45, 7) is 1.19. The van der Waals surface area contributed by atoms with Crippen LogP contribution >= 0.6 is 11.6 Å². The van der Waals surface area contributed by atoms with E-state index in [1.165, 1.54) is 6.07 Å². The second kappa shape index (κ2) is 6.24. The van der Waals surface area contributed by atoms with Crippen molar-refractivity contribution in [1.82, 2.24) is 19.9 Å². The van der Waals surface area contributed by atoms with E-state index in [0.29, 0.717) is 23.6 Å². The Morgan fingerprint density at radius 3 is 3.08 bits per heavy atom. The Morgan fingerprint density at radius 1 is 1.33 bits per heavy atom. The van der Waals surface area contributed by atoms with E-state index in [1.54, 1.807) is 24.5 Å². The van der Waals surface area contributed by atoms with Gasteiger partial charge in [0.2, 0.25) is 5.28 Å². The Morgan fingerprint density at radius 2 is 2.21 bits per heavy atom. The van der Waals surface area contributed by atoms with Crippen LogP contribution in [0.3, 0.4) is 0 Å². The molecule has 0 bridgehead atoms. The van der Waals surface area contributed by atoms with E-state index in [9.17, 15) is 4.39 Å². The Labute approximate surface area is 142 Å². The number of H-pyrrole nitrogens is 1. The molecule has 0 unspecified atom stereocenters. The first-order valence-electron chi connectivity index (χ1n) is 7.73. The van der Waals surface area contributed by atoms with Gasteiger partial charge in [-0.1, -0.05) is 12.1 Å². The molecule has 3 heterocycles. The van der Waals surface area contributed by atoms with E-state index in [1.807, 2.05) is 0 Å². The number of fused-ring (bicyclic) bond motifs is 1. The summed E-state index contributed by atoms with van der Waals surface area (Å²) in [5, 5.41) is 0.169. The van der Waals surface area contributed by atoms with Gasteiger partial charge in [-0.2, -0.15) is 9.97 Å². The topological polar surface area (TPSA) is 66.9 Å². The molecular weight excluding hydrogens is 333 g/mol. The number of nitrogens with one attached hydrogen (secondary N) is 1. The molecule has 1 aliphatic heterocycles. The second-order valence-electron chi connectivity index (χ2n) is 5.65. The number of aromatic amines is 1. The van der Waals surface area contributed by atoms with Gasteiger partial charge in [0.1, 0.15) is 6.61 Å². The number of aromatic nitrogens is 4. The van der Waals surface area contributed by atoms with Gasteiger partial charge in [-0.3, -0.25) is 0 Å². The highest BCUT2D eigenvalue weighted by atomic mass is 35.5. The molecular formula is C16H15ClFN5O. The molecule has 24 heavy (non-hydrogen) atoms. The van der Waals surface area contributed by atoms with Gasteiger partial charge >= 0.3 is 0 Å². The lowest BCUT2D eigenvalue weighted by Crippen LogP contribution is -2.35. The summed E-state index contributed by atoms with van der Waals surface area (Å²) in [5.41, 5.74) is 1.28. The molecule has 1 N–H and O–H groups in total. The third kappa shape index (κ3) is 2.75. The average molecular weight is 348 g/mol. The minimum absolute atomic E-state index is 0.0791. The SMILES string of the molecule is Fc1ccccc1OC[C@H]1CCCN1c1nc(Cl)nc2[nH]cnc12. The molecule has 1 atom stereocenters. The summed E-state index contributed by atoms with van der Waals surface area (Å²) in [6, 6.07) is 6.49. The standard InChI is InChI=1S/C16H15ClFN5O/c17-16-21-14-13(19-9-20-14)15(22-16)23-7-3-4-10(23)8-24-12-6-2-1-5-11(12)18/h1-2,5-6,9-10H,3-4,7-8H2,(H,19,20,21,22)/t10-/m1/s1. The lowest BCUT2D eigenvalue weighted by atomic mass is 10.2. The highest BCUT2D eigenvalue weighted by Gasteiger charge is 2.29. The molecule has 3 aromatic rings. The second-order valence-corrected chi connectivity index (χ2v) is 5.98. The van der Waals surface area contributed by atoms with Gasteiger partial charge in [-0.15, -0.1) is 0 Å². The number of para-hydroxylation sites is 1. The first-order chi connectivity index (χ1) is 11.7. The van der Waals surface area contributed by atoms with Gasteiger partial charge in [0, 0.05) is 6.54 Å². The fraction of sp³-hybridized carbons (Fsp3) is 0.312. The number of ether oxygens (including phenoxy) is 1. The number of halogens is 2. The highest BCUT2D eigenvalue weighted by Crippen LogP contribution is 2.30. The van der Waals surface area contributed by atoms with Crippen LogP contribution in [0.15, 0.2) is 30.6 Å². The molecule has 0 aliphatic carbocycles. The van der Waals surface area contributed by atoms with Crippen molar-refractivity contribution in [3.05, 3.63) is 41.7 Å². The number of nitrogens with zero attached hydrogens (tertiary/aromatic N) is 4. The predicted octanol–water partition coefficient (Wildman–Crippen LogP) is 3.19. The van der Waals surface area contributed by atoms with E-state index in [4.69, 9.17) is 16.3 Å². The summed E-state index contributed by atoms with van der Waals surface area (Å²) in [4.78, 5) is 17.8. The molecule has 0 saturated carbocycles.